The molecule has 0 unspecified atom stereocenters. The van der Waals surface area contributed by atoms with Gasteiger partial charge < -0.3 is 16.2 Å². The Hall–Kier alpha value is -1.56. The highest BCUT2D eigenvalue weighted by atomic mass is 32.1. The first-order valence-corrected chi connectivity index (χ1v) is 4.74. The minimum atomic E-state index is -0.979. The minimum absolute atomic E-state index is 0.184. The summed E-state index contributed by atoms with van der Waals surface area (Å²) in [6.45, 7) is 0. The molecule has 0 atom stereocenters. The summed E-state index contributed by atoms with van der Waals surface area (Å²) < 4.78 is 0. The van der Waals surface area contributed by atoms with Gasteiger partial charge in [-0.05, 0) is 10.9 Å². The van der Waals surface area contributed by atoms with Crippen molar-refractivity contribution in [3.63, 3.8) is 0 Å². The number of carbonyl (C=O) groups excluding carboxylic acids is 1. The van der Waals surface area contributed by atoms with Crippen molar-refractivity contribution in [2.24, 2.45) is 5.73 Å². The quantitative estimate of drug-likeness (QED) is 0.681. The highest BCUT2D eigenvalue weighted by Gasteiger charge is 2.17. The zero-order valence-corrected chi connectivity index (χ0v) is 8.35. The number of carboxylic acid groups (broad SMARTS) is 1. The Morgan fingerprint density at radius 1 is 1.64 bits per heavy atom. The molecule has 0 aliphatic carbocycles. The second kappa shape index (κ2) is 4.10. The normalized spacial score (nSPS) is 9.79. The first kappa shape index (κ1) is 10.5. The molecule has 5 nitrogen and oxygen atoms in total. The molecule has 0 fully saturated rings. The van der Waals surface area contributed by atoms with Gasteiger partial charge in [0.2, 0.25) is 0 Å². The lowest BCUT2D eigenvalue weighted by molar-refractivity contribution is -0.136. The van der Waals surface area contributed by atoms with Crippen molar-refractivity contribution >= 4 is 28.2 Å². The Morgan fingerprint density at radius 2 is 2.29 bits per heavy atom. The van der Waals surface area contributed by atoms with Gasteiger partial charge in [-0.1, -0.05) is 0 Å². The standard InChI is InChI=1S/C8H10N2O3S/c1-10-8-6(7(9)13)4(3-14-8)2-5(11)12/h3,10H,2H2,1H3,(H2,9,13)(H,11,12). The molecule has 0 bridgehead atoms. The van der Waals surface area contributed by atoms with E-state index in [2.05, 4.69) is 5.32 Å². The van der Waals surface area contributed by atoms with E-state index in [-0.39, 0.29) is 12.0 Å². The highest BCUT2D eigenvalue weighted by Crippen LogP contribution is 2.27. The minimum Gasteiger partial charge on any atom is -0.481 e. The third kappa shape index (κ3) is 2.02. The number of hydrogen-bond acceptors (Lipinski definition) is 4. The van der Waals surface area contributed by atoms with Gasteiger partial charge in [-0.25, -0.2) is 0 Å². The van der Waals surface area contributed by atoms with Gasteiger partial charge in [0.1, 0.15) is 5.00 Å². The number of nitrogens with two attached hydrogens (primary N) is 1. The van der Waals surface area contributed by atoms with Crippen LogP contribution in [0.15, 0.2) is 5.38 Å². The number of anilines is 1. The summed E-state index contributed by atoms with van der Waals surface area (Å²) in [4.78, 5) is 21.5. The Kier molecular flexibility index (Phi) is 3.08. The monoisotopic (exact) mass is 214 g/mol. The van der Waals surface area contributed by atoms with E-state index in [0.717, 1.165) is 0 Å². The third-order valence-electron chi connectivity index (χ3n) is 1.68. The summed E-state index contributed by atoms with van der Waals surface area (Å²) in [5.74, 6) is -1.58. The van der Waals surface area contributed by atoms with Gasteiger partial charge in [0, 0.05) is 7.05 Å². The van der Waals surface area contributed by atoms with Crippen LogP contribution in [0.2, 0.25) is 0 Å². The Labute approximate surface area is 84.5 Å². The van der Waals surface area contributed by atoms with E-state index in [1.165, 1.54) is 11.3 Å². The van der Waals surface area contributed by atoms with Crippen molar-refractivity contribution in [1.29, 1.82) is 0 Å². The van der Waals surface area contributed by atoms with E-state index >= 15 is 0 Å². The maximum atomic E-state index is 11.0. The van der Waals surface area contributed by atoms with E-state index in [4.69, 9.17) is 10.8 Å². The average molecular weight is 214 g/mol. The molecule has 4 N–H and O–H groups in total. The number of primary amides is 1. The fourth-order valence-corrected chi connectivity index (χ4v) is 2.07. The van der Waals surface area contributed by atoms with Gasteiger partial charge in [-0.15, -0.1) is 11.3 Å². The van der Waals surface area contributed by atoms with Crippen molar-refractivity contribution in [3.8, 4) is 0 Å². The number of thiophene rings is 1. The van der Waals surface area contributed by atoms with E-state index < -0.39 is 11.9 Å². The molecule has 0 aliphatic rings. The van der Waals surface area contributed by atoms with Crippen LogP contribution in [0.4, 0.5) is 5.00 Å². The zero-order valence-electron chi connectivity index (χ0n) is 7.53. The largest absolute Gasteiger partial charge is 0.481 e. The second-order valence-corrected chi connectivity index (χ2v) is 3.53. The molecule has 0 spiro atoms. The predicted octanol–water partition coefficient (Wildman–Crippen LogP) is 0.516. The van der Waals surface area contributed by atoms with Gasteiger partial charge in [0.25, 0.3) is 5.91 Å². The molecule has 14 heavy (non-hydrogen) atoms. The molecule has 1 amide bonds. The summed E-state index contributed by atoms with van der Waals surface area (Å²) >= 11 is 1.27. The molecule has 0 aromatic carbocycles. The highest BCUT2D eigenvalue weighted by molar-refractivity contribution is 7.14. The number of rotatable bonds is 4. The van der Waals surface area contributed by atoms with Gasteiger partial charge in [0.05, 0.1) is 12.0 Å². The number of aliphatic carboxylic acids is 1. The maximum Gasteiger partial charge on any atom is 0.307 e. The van der Waals surface area contributed by atoms with Crippen LogP contribution in [0.25, 0.3) is 0 Å². The van der Waals surface area contributed by atoms with Crippen molar-refractivity contribution < 1.29 is 14.7 Å². The van der Waals surface area contributed by atoms with Crippen molar-refractivity contribution in [3.05, 3.63) is 16.5 Å². The maximum absolute atomic E-state index is 11.0. The van der Waals surface area contributed by atoms with Crippen LogP contribution >= 0.6 is 11.3 Å². The molecule has 76 valence electrons. The van der Waals surface area contributed by atoms with Gasteiger partial charge in [0.15, 0.2) is 0 Å². The number of nitrogens with one attached hydrogen (secondary N) is 1. The van der Waals surface area contributed by atoms with Crippen molar-refractivity contribution in [1.82, 2.24) is 0 Å². The lowest BCUT2D eigenvalue weighted by Gasteiger charge is -2.00. The van der Waals surface area contributed by atoms with Crippen LogP contribution in [0, 0.1) is 0 Å². The molecule has 1 aromatic rings. The van der Waals surface area contributed by atoms with E-state index in [9.17, 15) is 9.59 Å². The van der Waals surface area contributed by atoms with Crippen LogP contribution in [0.1, 0.15) is 15.9 Å². The molecular weight excluding hydrogens is 204 g/mol. The third-order valence-corrected chi connectivity index (χ3v) is 2.73. The number of carboxylic acids is 1. The molecule has 1 aromatic heterocycles. The van der Waals surface area contributed by atoms with Crippen LogP contribution in [-0.2, 0) is 11.2 Å². The van der Waals surface area contributed by atoms with Crippen molar-refractivity contribution in [2.45, 2.75) is 6.42 Å². The molecule has 0 saturated heterocycles. The molecule has 0 saturated carbocycles. The lowest BCUT2D eigenvalue weighted by atomic mass is 10.1. The number of hydrogen-bond donors (Lipinski definition) is 3. The number of carbonyl (C=O) groups is 2. The smallest absolute Gasteiger partial charge is 0.307 e. The summed E-state index contributed by atoms with van der Waals surface area (Å²) in [5, 5.41) is 13.6. The molecular formula is C8H10N2O3S. The van der Waals surface area contributed by atoms with Gasteiger partial charge >= 0.3 is 5.97 Å². The topological polar surface area (TPSA) is 92.4 Å². The average Bonchev–Trinajstić information content (AvgIpc) is 2.46. The van der Waals surface area contributed by atoms with E-state index in [1.807, 2.05) is 0 Å². The van der Waals surface area contributed by atoms with Crippen molar-refractivity contribution in [2.75, 3.05) is 12.4 Å². The molecule has 1 heterocycles. The molecule has 0 radical (unpaired) electrons. The zero-order chi connectivity index (χ0) is 10.7. The van der Waals surface area contributed by atoms with E-state index in [1.54, 1.807) is 12.4 Å². The summed E-state index contributed by atoms with van der Waals surface area (Å²) in [6, 6.07) is 0. The summed E-state index contributed by atoms with van der Waals surface area (Å²) in [6.07, 6.45) is -0.184. The fourth-order valence-electron chi connectivity index (χ4n) is 1.14. The Bertz CT molecular complexity index is 373. The molecule has 1 rings (SSSR count). The Morgan fingerprint density at radius 3 is 2.71 bits per heavy atom. The van der Waals surface area contributed by atoms with Crippen LogP contribution in [0.3, 0.4) is 0 Å². The molecule has 6 heteroatoms. The first-order chi connectivity index (χ1) is 6.56. The van der Waals surface area contributed by atoms with E-state index in [0.29, 0.717) is 10.6 Å². The van der Waals surface area contributed by atoms with Crippen LogP contribution in [0.5, 0.6) is 0 Å². The van der Waals surface area contributed by atoms with Crippen LogP contribution < -0.4 is 11.1 Å². The van der Waals surface area contributed by atoms with Gasteiger partial charge in [-0.3, -0.25) is 9.59 Å². The fraction of sp³-hybridized carbons (Fsp3) is 0.250. The van der Waals surface area contributed by atoms with Crippen LogP contribution in [-0.4, -0.2) is 24.0 Å². The van der Waals surface area contributed by atoms with Gasteiger partial charge in [-0.2, -0.15) is 0 Å². The first-order valence-electron chi connectivity index (χ1n) is 3.86. The second-order valence-electron chi connectivity index (χ2n) is 2.65. The lowest BCUT2D eigenvalue weighted by Crippen LogP contribution is -2.15. The number of amides is 1. The molecule has 0 aliphatic heterocycles. The summed E-state index contributed by atoms with van der Waals surface area (Å²) in [7, 11) is 1.66. The Balaban J connectivity index is 3.10. The SMILES string of the molecule is CNc1scc(CC(=O)O)c1C(N)=O. The summed E-state index contributed by atoms with van der Waals surface area (Å²) in [5.41, 5.74) is 5.88. The predicted molar refractivity (Wildman–Crippen MR) is 53.7 cm³/mol.